The summed E-state index contributed by atoms with van der Waals surface area (Å²) in [7, 11) is 1.65. The van der Waals surface area contributed by atoms with Gasteiger partial charge in [0.1, 0.15) is 6.04 Å². The molecule has 0 saturated carbocycles. The monoisotopic (exact) mass is 270 g/mol. The Morgan fingerprint density at radius 1 is 1.56 bits per heavy atom. The smallest absolute Gasteiger partial charge is 0.326 e. The van der Waals surface area contributed by atoms with Gasteiger partial charge in [-0.15, -0.1) is 11.3 Å². The molecule has 2 amide bonds. The highest BCUT2D eigenvalue weighted by atomic mass is 32.1. The molecule has 100 valence electrons. The van der Waals surface area contributed by atoms with Crippen LogP contribution >= 0.6 is 11.3 Å². The number of carboxylic acid groups (broad SMARTS) is 1. The summed E-state index contributed by atoms with van der Waals surface area (Å²) in [6.07, 6.45) is 1.15. The number of carbonyl (C=O) groups excluding carboxylic acids is 1. The average molecular weight is 270 g/mol. The zero-order chi connectivity index (χ0) is 13.5. The normalized spacial score (nSPS) is 11.9. The number of carbonyl (C=O) groups is 2. The molecule has 1 aromatic heterocycles. The highest BCUT2D eigenvalue weighted by Crippen LogP contribution is 2.11. The van der Waals surface area contributed by atoms with Gasteiger partial charge in [0.15, 0.2) is 0 Å². The van der Waals surface area contributed by atoms with Crippen LogP contribution in [-0.4, -0.2) is 35.1 Å². The van der Waals surface area contributed by atoms with Gasteiger partial charge in [0.05, 0.1) is 6.54 Å². The molecular formula is C12H18N2O3S. The summed E-state index contributed by atoms with van der Waals surface area (Å²) in [5, 5.41) is 13.4. The molecule has 1 heterocycles. The Morgan fingerprint density at radius 3 is 2.78 bits per heavy atom. The minimum Gasteiger partial charge on any atom is -0.480 e. The fourth-order valence-corrected chi connectivity index (χ4v) is 2.27. The van der Waals surface area contributed by atoms with Crippen molar-refractivity contribution in [2.45, 2.75) is 32.4 Å². The first-order chi connectivity index (χ1) is 8.54. The highest BCUT2D eigenvalue weighted by molar-refractivity contribution is 7.09. The quantitative estimate of drug-likeness (QED) is 0.832. The van der Waals surface area contributed by atoms with E-state index in [1.54, 1.807) is 18.4 Å². The minimum atomic E-state index is -0.991. The van der Waals surface area contributed by atoms with Crippen LogP contribution < -0.4 is 5.32 Å². The van der Waals surface area contributed by atoms with E-state index >= 15 is 0 Å². The highest BCUT2D eigenvalue weighted by Gasteiger charge is 2.20. The molecule has 2 N–H and O–H groups in total. The number of rotatable bonds is 6. The fraction of sp³-hybridized carbons (Fsp3) is 0.500. The van der Waals surface area contributed by atoms with Gasteiger partial charge in [-0.25, -0.2) is 9.59 Å². The lowest BCUT2D eigenvalue weighted by atomic mass is 10.2. The molecule has 1 aromatic rings. The van der Waals surface area contributed by atoms with E-state index < -0.39 is 12.0 Å². The molecule has 0 aliphatic heterocycles. The van der Waals surface area contributed by atoms with E-state index in [4.69, 9.17) is 5.11 Å². The van der Waals surface area contributed by atoms with Crippen LogP contribution in [0.2, 0.25) is 0 Å². The average Bonchev–Trinajstić information content (AvgIpc) is 2.80. The molecule has 0 spiro atoms. The molecule has 5 nitrogen and oxygen atoms in total. The Morgan fingerprint density at radius 2 is 2.28 bits per heavy atom. The molecule has 1 rings (SSSR count). The van der Waals surface area contributed by atoms with Crippen LogP contribution in [0.4, 0.5) is 4.79 Å². The van der Waals surface area contributed by atoms with Crippen LogP contribution in [0.25, 0.3) is 0 Å². The van der Waals surface area contributed by atoms with Gasteiger partial charge < -0.3 is 15.3 Å². The summed E-state index contributed by atoms with van der Waals surface area (Å²) in [5.41, 5.74) is 0. The topological polar surface area (TPSA) is 69.6 Å². The van der Waals surface area contributed by atoms with E-state index in [0.717, 1.165) is 4.88 Å². The zero-order valence-electron chi connectivity index (χ0n) is 10.5. The van der Waals surface area contributed by atoms with Crippen LogP contribution in [0, 0.1) is 0 Å². The molecule has 6 heteroatoms. The lowest BCUT2D eigenvalue weighted by molar-refractivity contribution is -0.139. The number of carboxylic acids is 1. The van der Waals surface area contributed by atoms with Gasteiger partial charge in [-0.05, 0) is 17.9 Å². The Bertz CT molecular complexity index is 392. The first-order valence-electron chi connectivity index (χ1n) is 5.81. The van der Waals surface area contributed by atoms with Gasteiger partial charge in [-0.3, -0.25) is 0 Å². The summed E-state index contributed by atoms with van der Waals surface area (Å²) in [6.45, 7) is 2.37. The van der Waals surface area contributed by atoms with Gasteiger partial charge >= 0.3 is 12.0 Å². The number of thiophene rings is 1. The molecule has 0 aliphatic carbocycles. The summed E-state index contributed by atoms with van der Waals surface area (Å²) in [4.78, 5) is 25.3. The molecular weight excluding hydrogens is 252 g/mol. The van der Waals surface area contributed by atoms with Gasteiger partial charge in [-0.2, -0.15) is 0 Å². The van der Waals surface area contributed by atoms with Gasteiger partial charge in [-0.1, -0.05) is 19.4 Å². The van der Waals surface area contributed by atoms with E-state index in [1.165, 1.54) is 4.90 Å². The van der Waals surface area contributed by atoms with Crippen molar-refractivity contribution in [2.24, 2.45) is 0 Å². The van der Waals surface area contributed by atoms with Crippen molar-refractivity contribution in [3.8, 4) is 0 Å². The summed E-state index contributed by atoms with van der Waals surface area (Å²) in [6, 6.07) is 2.69. The lowest BCUT2D eigenvalue weighted by Crippen LogP contribution is -2.46. The van der Waals surface area contributed by atoms with Crippen molar-refractivity contribution in [2.75, 3.05) is 7.05 Å². The molecule has 0 aliphatic rings. The molecule has 0 aromatic carbocycles. The van der Waals surface area contributed by atoms with Crippen LogP contribution in [-0.2, 0) is 11.3 Å². The Labute approximate surface area is 110 Å². The second-order valence-corrected chi connectivity index (χ2v) is 5.10. The largest absolute Gasteiger partial charge is 0.480 e. The third-order valence-electron chi connectivity index (χ3n) is 2.49. The van der Waals surface area contributed by atoms with Crippen molar-refractivity contribution in [1.82, 2.24) is 10.2 Å². The third-order valence-corrected chi connectivity index (χ3v) is 3.35. The van der Waals surface area contributed by atoms with Crippen molar-refractivity contribution in [3.63, 3.8) is 0 Å². The molecule has 0 radical (unpaired) electrons. The standard InChI is InChI=1S/C12H18N2O3S/c1-3-5-10(11(15)16)13-12(17)14(2)8-9-6-4-7-18-9/h4,6-7,10H,3,5,8H2,1-2H3,(H,13,17)(H,15,16)/t10-/m0/s1. The minimum absolute atomic E-state index is 0.357. The van der Waals surface area contributed by atoms with E-state index in [-0.39, 0.29) is 6.03 Å². The molecule has 18 heavy (non-hydrogen) atoms. The van der Waals surface area contributed by atoms with Crippen molar-refractivity contribution >= 4 is 23.3 Å². The number of nitrogens with zero attached hydrogens (tertiary/aromatic N) is 1. The van der Waals surface area contributed by atoms with Crippen LogP contribution in [0.3, 0.4) is 0 Å². The summed E-state index contributed by atoms with van der Waals surface area (Å²) < 4.78 is 0. The first-order valence-corrected chi connectivity index (χ1v) is 6.69. The van der Waals surface area contributed by atoms with E-state index in [1.807, 2.05) is 24.4 Å². The van der Waals surface area contributed by atoms with Crippen LogP contribution in [0.1, 0.15) is 24.6 Å². The van der Waals surface area contributed by atoms with Gasteiger partial charge in [0, 0.05) is 11.9 Å². The van der Waals surface area contributed by atoms with E-state index in [2.05, 4.69) is 5.32 Å². The molecule has 0 bridgehead atoms. The summed E-state index contributed by atoms with van der Waals surface area (Å²) in [5.74, 6) is -0.991. The maximum atomic E-state index is 11.8. The number of hydrogen-bond donors (Lipinski definition) is 2. The Balaban J connectivity index is 2.50. The summed E-state index contributed by atoms with van der Waals surface area (Å²) >= 11 is 1.57. The molecule has 0 unspecified atom stereocenters. The molecule has 1 atom stereocenters. The maximum absolute atomic E-state index is 11.8. The van der Waals surface area contributed by atoms with Crippen LogP contribution in [0.5, 0.6) is 0 Å². The number of hydrogen-bond acceptors (Lipinski definition) is 3. The van der Waals surface area contributed by atoms with Crippen LogP contribution in [0.15, 0.2) is 17.5 Å². The van der Waals surface area contributed by atoms with Crippen molar-refractivity contribution in [1.29, 1.82) is 0 Å². The number of aliphatic carboxylic acids is 1. The Hall–Kier alpha value is -1.56. The van der Waals surface area contributed by atoms with Gasteiger partial charge in [0.2, 0.25) is 0 Å². The third kappa shape index (κ3) is 4.37. The number of amides is 2. The predicted molar refractivity (Wildman–Crippen MR) is 70.6 cm³/mol. The van der Waals surface area contributed by atoms with E-state index in [9.17, 15) is 9.59 Å². The SMILES string of the molecule is CCC[C@H](NC(=O)N(C)Cc1cccs1)C(=O)O. The maximum Gasteiger partial charge on any atom is 0.326 e. The van der Waals surface area contributed by atoms with Gasteiger partial charge in [0.25, 0.3) is 0 Å². The number of nitrogens with one attached hydrogen (secondary N) is 1. The number of urea groups is 1. The molecule has 0 saturated heterocycles. The second kappa shape index (κ2) is 7.00. The first kappa shape index (κ1) is 14.5. The Kier molecular flexibility index (Phi) is 5.64. The van der Waals surface area contributed by atoms with E-state index in [0.29, 0.717) is 19.4 Å². The van der Waals surface area contributed by atoms with Crippen molar-refractivity contribution < 1.29 is 14.7 Å². The van der Waals surface area contributed by atoms with Crippen molar-refractivity contribution in [3.05, 3.63) is 22.4 Å². The zero-order valence-corrected chi connectivity index (χ0v) is 11.4. The predicted octanol–water partition coefficient (Wildman–Crippen LogP) is 2.14. The molecule has 0 fully saturated rings. The fourth-order valence-electron chi connectivity index (χ4n) is 1.51. The lowest BCUT2D eigenvalue weighted by Gasteiger charge is -2.20. The second-order valence-electron chi connectivity index (χ2n) is 4.06.